The lowest BCUT2D eigenvalue weighted by Gasteiger charge is -2.47. The summed E-state index contributed by atoms with van der Waals surface area (Å²) in [6.45, 7) is 4.44. The van der Waals surface area contributed by atoms with Crippen LogP contribution in [0.2, 0.25) is 10.0 Å². The Morgan fingerprint density at radius 2 is 1.93 bits per heavy atom. The molecule has 0 radical (unpaired) electrons. The number of halogens is 2. The number of aldehydes is 1. The van der Waals surface area contributed by atoms with E-state index in [0.29, 0.717) is 15.8 Å². The second-order valence-electron chi connectivity index (χ2n) is 8.12. The van der Waals surface area contributed by atoms with E-state index in [-0.39, 0.29) is 36.4 Å². The van der Waals surface area contributed by atoms with Gasteiger partial charge in [-0.3, -0.25) is 0 Å². The van der Waals surface area contributed by atoms with Gasteiger partial charge in [0.1, 0.15) is 18.6 Å². The molecule has 1 aliphatic rings. The molecular formula is C24H28Cl2O3. The maximum atomic E-state index is 12.1. The highest BCUT2D eigenvalue weighted by Gasteiger charge is 2.46. The number of carbonyl (C=O) groups is 1. The van der Waals surface area contributed by atoms with Gasteiger partial charge in [-0.05, 0) is 66.0 Å². The van der Waals surface area contributed by atoms with Gasteiger partial charge < -0.3 is 14.6 Å². The second kappa shape index (κ2) is 9.51. The van der Waals surface area contributed by atoms with Gasteiger partial charge in [0.05, 0.1) is 6.61 Å². The van der Waals surface area contributed by atoms with Crippen LogP contribution in [0.3, 0.4) is 0 Å². The Labute approximate surface area is 183 Å². The van der Waals surface area contributed by atoms with Gasteiger partial charge in [-0.15, -0.1) is 0 Å². The lowest BCUT2D eigenvalue weighted by molar-refractivity contribution is -0.121. The van der Waals surface area contributed by atoms with Gasteiger partial charge in [0, 0.05) is 15.5 Å². The molecule has 29 heavy (non-hydrogen) atoms. The van der Waals surface area contributed by atoms with E-state index in [4.69, 9.17) is 33.0 Å². The zero-order valence-corrected chi connectivity index (χ0v) is 18.4. The SMILES string of the molecule is CCC1C(c2ccc(Cl)cc2)C(c2ccc(OCCO)cc2Cl)CCC1(C)C=O. The Balaban J connectivity index is 2.04. The number of hydrogen-bond donors (Lipinski definition) is 1. The zero-order chi connectivity index (χ0) is 21.0. The minimum atomic E-state index is -0.355. The fraction of sp³-hybridized carbons (Fsp3) is 0.458. The molecule has 3 nitrogen and oxygen atoms in total. The van der Waals surface area contributed by atoms with Crippen molar-refractivity contribution in [3.8, 4) is 5.75 Å². The first-order valence-electron chi connectivity index (χ1n) is 10.2. The van der Waals surface area contributed by atoms with Crippen LogP contribution in [-0.4, -0.2) is 24.6 Å². The molecule has 4 atom stereocenters. The molecule has 2 aromatic rings. The molecule has 0 aliphatic heterocycles. The minimum absolute atomic E-state index is 0.0386. The normalized spacial score (nSPS) is 26.9. The van der Waals surface area contributed by atoms with Crippen molar-refractivity contribution in [2.24, 2.45) is 11.3 Å². The topological polar surface area (TPSA) is 46.5 Å². The molecule has 2 aromatic carbocycles. The van der Waals surface area contributed by atoms with Crippen molar-refractivity contribution in [1.29, 1.82) is 0 Å². The van der Waals surface area contributed by atoms with Crippen molar-refractivity contribution in [2.45, 2.75) is 44.9 Å². The third kappa shape index (κ3) is 4.63. The molecule has 3 rings (SSSR count). The first-order valence-corrected chi connectivity index (χ1v) is 10.9. The van der Waals surface area contributed by atoms with Gasteiger partial charge in [-0.1, -0.05) is 61.7 Å². The van der Waals surface area contributed by atoms with E-state index in [1.807, 2.05) is 30.3 Å². The maximum absolute atomic E-state index is 12.1. The van der Waals surface area contributed by atoms with Crippen LogP contribution < -0.4 is 4.74 Å². The fourth-order valence-electron chi connectivity index (χ4n) is 4.95. The molecule has 0 heterocycles. The van der Waals surface area contributed by atoms with Crippen LogP contribution in [-0.2, 0) is 4.79 Å². The Morgan fingerprint density at radius 1 is 1.21 bits per heavy atom. The standard InChI is InChI=1S/C24H28Cl2O3/c1-3-21-23(16-4-6-17(25)7-5-16)20(10-11-24(21,2)15-28)19-9-8-18(14-22(19)26)29-13-12-27/h4-9,14-15,20-21,23,27H,3,10-13H2,1-2H3. The molecule has 0 aromatic heterocycles. The molecular weight excluding hydrogens is 407 g/mol. The van der Waals surface area contributed by atoms with Crippen molar-refractivity contribution in [3.05, 3.63) is 63.6 Å². The average molecular weight is 435 g/mol. The van der Waals surface area contributed by atoms with Gasteiger partial charge in [0.2, 0.25) is 0 Å². The summed E-state index contributed by atoms with van der Waals surface area (Å²) in [5, 5.41) is 10.3. The van der Waals surface area contributed by atoms with E-state index in [2.05, 4.69) is 26.0 Å². The van der Waals surface area contributed by atoms with Crippen molar-refractivity contribution < 1.29 is 14.6 Å². The number of rotatable bonds is 7. The third-order valence-corrected chi connectivity index (χ3v) is 6.98. The summed E-state index contributed by atoms with van der Waals surface area (Å²) in [5.74, 6) is 1.23. The Hall–Kier alpha value is -1.55. The average Bonchev–Trinajstić information content (AvgIpc) is 2.73. The van der Waals surface area contributed by atoms with Gasteiger partial charge in [0.15, 0.2) is 0 Å². The van der Waals surface area contributed by atoms with Crippen LogP contribution in [0.1, 0.15) is 56.1 Å². The summed E-state index contributed by atoms with van der Waals surface area (Å²) < 4.78 is 5.50. The van der Waals surface area contributed by atoms with E-state index < -0.39 is 0 Å². The lowest BCUT2D eigenvalue weighted by Crippen LogP contribution is -2.40. The summed E-state index contributed by atoms with van der Waals surface area (Å²) >= 11 is 12.8. The van der Waals surface area contributed by atoms with Crippen LogP contribution in [0.25, 0.3) is 0 Å². The summed E-state index contributed by atoms with van der Waals surface area (Å²) in [6.07, 6.45) is 3.78. The van der Waals surface area contributed by atoms with Crippen LogP contribution >= 0.6 is 23.2 Å². The molecule has 0 spiro atoms. The highest BCUT2D eigenvalue weighted by molar-refractivity contribution is 6.31. The lowest BCUT2D eigenvalue weighted by atomic mass is 9.56. The quantitative estimate of drug-likeness (QED) is 0.523. The number of benzene rings is 2. The van der Waals surface area contributed by atoms with Crippen molar-refractivity contribution >= 4 is 29.5 Å². The van der Waals surface area contributed by atoms with Crippen LogP contribution in [0.5, 0.6) is 5.75 Å². The van der Waals surface area contributed by atoms with E-state index in [9.17, 15) is 4.79 Å². The second-order valence-corrected chi connectivity index (χ2v) is 8.96. The molecule has 0 saturated heterocycles. The minimum Gasteiger partial charge on any atom is -0.491 e. The largest absolute Gasteiger partial charge is 0.491 e. The van der Waals surface area contributed by atoms with Crippen LogP contribution in [0, 0.1) is 11.3 Å². The molecule has 156 valence electrons. The van der Waals surface area contributed by atoms with E-state index in [0.717, 1.165) is 31.1 Å². The van der Waals surface area contributed by atoms with Gasteiger partial charge in [0.25, 0.3) is 0 Å². The van der Waals surface area contributed by atoms with Gasteiger partial charge in [-0.2, -0.15) is 0 Å². The van der Waals surface area contributed by atoms with Gasteiger partial charge in [-0.25, -0.2) is 0 Å². The third-order valence-electron chi connectivity index (χ3n) is 6.40. The van der Waals surface area contributed by atoms with Gasteiger partial charge >= 0.3 is 0 Å². The number of aliphatic hydroxyl groups is 1. The van der Waals surface area contributed by atoms with Crippen molar-refractivity contribution in [1.82, 2.24) is 0 Å². The molecule has 5 heteroatoms. The highest BCUT2D eigenvalue weighted by Crippen LogP contribution is 2.56. The van der Waals surface area contributed by atoms with E-state index in [1.54, 1.807) is 0 Å². The summed E-state index contributed by atoms with van der Waals surface area (Å²) in [6, 6.07) is 13.7. The van der Waals surface area contributed by atoms with Crippen molar-refractivity contribution in [2.75, 3.05) is 13.2 Å². The highest BCUT2D eigenvalue weighted by atomic mass is 35.5. The molecule has 0 bridgehead atoms. The van der Waals surface area contributed by atoms with Crippen LogP contribution in [0.4, 0.5) is 0 Å². The number of carbonyl (C=O) groups excluding carboxylic acids is 1. The summed E-state index contributed by atoms with van der Waals surface area (Å²) in [7, 11) is 0. The summed E-state index contributed by atoms with van der Waals surface area (Å²) in [5.41, 5.74) is 1.91. The predicted molar refractivity (Wildman–Crippen MR) is 118 cm³/mol. The van der Waals surface area contributed by atoms with E-state index >= 15 is 0 Å². The molecule has 1 saturated carbocycles. The monoisotopic (exact) mass is 434 g/mol. The Bertz CT molecular complexity index is 837. The molecule has 1 N–H and O–H groups in total. The van der Waals surface area contributed by atoms with Crippen LogP contribution in [0.15, 0.2) is 42.5 Å². The first-order chi connectivity index (χ1) is 13.9. The molecule has 1 fully saturated rings. The first kappa shape index (κ1) is 22.1. The van der Waals surface area contributed by atoms with E-state index in [1.165, 1.54) is 5.56 Å². The number of ether oxygens (including phenoxy) is 1. The number of hydrogen-bond acceptors (Lipinski definition) is 3. The maximum Gasteiger partial charge on any atom is 0.126 e. The number of aliphatic hydroxyl groups excluding tert-OH is 1. The van der Waals surface area contributed by atoms with Crippen molar-refractivity contribution in [3.63, 3.8) is 0 Å². The Morgan fingerprint density at radius 3 is 2.52 bits per heavy atom. The molecule has 4 unspecified atom stereocenters. The predicted octanol–water partition coefficient (Wildman–Crippen LogP) is 6.26. The zero-order valence-electron chi connectivity index (χ0n) is 16.9. The Kier molecular flexibility index (Phi) is 7.26. The fourth-order valence-corrected chi connectivity index (χ4v) is 5.39. The summed E-state index contributed by atoms with van der Waals surface area (Å²) in [4.78, 5) is 12.1. The molecule has 1 aliphatic carbocycles. The molecule has 0 amide bonds. The smallest absolute Gasteiger partial charge is 0.126 e.